The highest BCUT2D eigenvalue weighted by Gasteiger charge is 2.49. The molecule has 0 atom stereocenters. The molecule has 1 amide bonds. The van der Waals surface area contributed by atoms with Crippen molar-refractivity contribution in [1.29, 1.82) is 0 Å². The molecule has 2 aliphatic rings. The molecular formula is C22H20FN3O2. The van der Waals surface area contributed by atoms with E-state index in [1.54, 1.807) is 29.2 Å². The average Bonchev–Trinajstić information content (AvgIpc) is 2.63. The van der Waals surface area contributed by atoms with Crippen molar-refractivity contribution >= 4 is 16.7 Å². The van der Waals surface area contributed by atoms with Gasteiger partial charge in [-0.3, -0.25) is 9.59 Å². The van der Waals surface area contributed by atoms with Gasteiger partial charge in [-0.25, -0.2) is 9.49 Å². The van der Waals surface area contributed by atoms with Crippen molar-refractivity contribution in [1.82, 2.24) is 15.1 Å². The number of aromatic amines is 1. The minimum Gasteiger partial charge on any atom is -0.337 e. The number of carbonyl (C=O) groups is 1. The fourth-order valence-corrected chi connectivity index (χ4v) is 4.42. The van der Waals surface area contributed by atoms with Gasteiger partial charge >= 0.3 is 0 Å². The monoisotopic (exact) mass is 377 g/mol. The number of nitrogens with zero attached hydrogens (tertiary/aromatic N) is 2. The highest BCUT2D eigenvalue weighted by molar-refractivity contribution is 5.95. The lowest BCUT2D eigenvalue weighted by Gasteiger charge is -2.55. The first-order chi connectivity index (χ1) is 13.5. The van der Waals surface area contributed by atoms with E-state index in [0.29, 0.717) is 22.9 Å². The molecule has 5 rings (SSSR count). The van der Waals surface area contributed by atoms with Crippen LogP contribution in [-0.2, 0) is 6.42 Å². The van der Waals surface area contributed by atoms with Crippen LogP contribution in [0.5, 0.6) is 0 Å². The topological polar surface area (TPSA) is 66.1 Å². The Morgan fingerprint density at radius 1 is 1.14 bits per heavy atom. The Kier molecular flexibility index (Phi) is 3.82. The molecule has 3 aromatic rings. The summed E-state index contributed by atoms with van der Waals surface area (Å²) >= 11 is 0. The zero-order valence-electron chi connectivity index (χ0n) is 15.4. The second kappa shape index (κ2) is 6.26. The lowest BCUT2D eigenvalue weighted by molar-refractivity contribution is -0.0428. The molecule has 1 aliphatic heterocycles. The predicted molar refractivity (Wildman–Crippen MR) is 104 cm³/mol. The maximum atomic E-state index is 14.4. The third-order valence-corrected chi connectivity index (χ3v) is 6.16. The zero-order valence-corrected chi connectivity index (χ0v) is 15.4. The van der Waals surface area contributed by atoms with Gasteiger partial charge in [0.1, 0.15) is 5.82 Å². The van der Waals surface area contributed by atoms with Gasteiger partial charge in [-0.2, -0.15) is 5.10 Å². The summed E-state index contributed by atoms with van der Waals surface area (Å²) in [5.41, 5.74) is 1.66. The van der Waals surface area contributed by atoms with E-state index >= 15 is 0 Å². The number of hydrogen-bond donors (Lipinski definition) is 1. The summed E-state index contributed by atoms with van der Waals surface area (Å²) in [5.74, 6) is -0.737. The molecule has 28 heavy (non-hydrogen) atoms. The largest absolute Gasteiger partial charge is 0.337 e. The summed E-state index contributed by atoms with van der Waals surface area (Å²) in [7, 11) is 0. The molecule has 1 saturated carbocycles. The van der Waals surface area contributed by atoms with Crippen LogP contribution in [0.25, 0.3) is 10.8 Å². The van der Waals surface area contributed by atoms with Crippen LogP contribution in [0.2, 0.25) is 0 Å². The van der Waals surface area contributed by atoms with Crippen LogP contribution in [-0.4, -0.2) is 34.1 Å². The molecule has 2 aromatic carbocycles. The Morgan fingerprint density at radius 2 is 1.89 bits per heavy atom. The van der Waals surface area contributed by atoms with E-state index in [2.05, 4.69) is 10.2 Å². The summed E-state index contributed by atoms with van der Waals surface area (Å²) in [4.78, 5) is 26.5. The number of hydrogen-bond acceptors (Lipinski definition) is 3. The summed E-state index contributed by atoms with van der Waals surface area (Å²) in [6, 6.07) is 11.9. The Hall–Kier alpha value is -3.02. The first-order valence-electron chi connectivity index (χ1n) is 9.59. The number of benzene rings is 2. The third kappa shape index (κ3) is 2.71. The Bertz CT molecular complexity index is 1140. The molecule has 6 heteroatoms. The number of amides is 1. The maximum absolute atomic E-state index is 14.4. The van der Waals surface area contributed by atoms with Crippen LogP contribution in [0, 0.1) is 11.2 Å². The number of likely N-dealkylation sites (tertiary alicyclic amines) is 1. The molecule has 1 saturated heterocycles. The summed E-state index contributed by atoms with van der Waals surface area (Å²) in [6.07, 6.45) is 3.97. The van der Waals surface area contributed by atoms with Crippen LogP contribution in [0.3, 0.4) is 0 Å². The van der Waals surface area contributed by atoms with Gasteiger partial charge in [0.2, 0.25) is 0 Å². The first kappa shape index (κ1) is 17.1. The van der Waals surface area contributed by atoms with Crippen LogP contribution in [0.15, 0.2) is 47.3 Å². The summed E-state index contributed by atoms with van der Waals surface area (Å²) in [6.45, 7) is 1.48. The highest BCUT2D eigenvalue weighted by Crippen LogP contribution is 2.48. The molecule has 1 aromatic heterocycles. The summed E-state index contributed by atoms with van der Waals surface area (Å²) < 4.78 is 14.4. The molecule has 142 valence electrons. The van der Waals surface area contributed by atoms with E-state index in [1.807, 2.05) is 12.1 Å². The minimum atomic E-state index is -0.498. The number of fused-ring (bicyclic) bond motifs is 1. The standard InChI is InChI=1S/C22H20FN3O2/c23-18-7-6-14(10-17(18)21(28)26-12-22(13-26)8-3-9-22)11-19-15-4-1-2-5-16(15)20(27)25-24-19/h1-2,4-7,10H,3,8-9,11-13H2,(H,25,27). The molecule has 0 unspecified atom stereocenters. The number of carbonyl (C=O) groups excluding carboxylic acids is 1. The Morgan fingerprint density at radius 3 is 2.61 bits per heavy atom. The van der Waals surface area contributed by atoms with Gasteiger partial charge in [0.15, 0.2) is 0 Å². The van der Waals surface area contributed by atoms with Crippen LogP contribution >= 0.6 is 0 Å². The molecule has 0 radical (unpaired) electrons. The van der Waals surface area contributed by atoms with Gasteiger partial charge in [-0.15, -0.1) is 0 Å². The van der Waals surface area contributed by atoms with Crippen molar-refractivity contribution in [2.45, 2.75) is 25.7 Å². The lowest BCUT2D eigenvalue weighted by Crippen LogP contribution is -2.61. The quantitative estimate of drug-likeness (QED) is 0.762. The molecule has 1 spiro atoms. The number of nitrogens with one attached hydrogen (secondary N) is 1. The molecule has 2 fully saturated rings. The van der Waals surface area contributed by atoms with E-state index in [4.69, 9.17) is 0 Å². The Balaban J connectivity index is 1.43. The second-order valence-corrected chi connectivity index (χ2v) is 8.05. The van der Waals surface area contributed by atoms with E-state index in [-0.39, 0.29) is 17.0 Å². The van der Waals surface area contributed by atoms with Crippen molar-refractivity contribution in [2.75, 3.05) is 13.1 Å². The lowest BCUT2D eigenvalue weighted by atomic mass is 9.63. The van der Waals surface area contributed by atoms with Crippen molar-refractivity contribution in [3.05, 3.63) is 75.5 Å². The van der Waals surface area contributed by atoms with Crippen LogP contribution in [0.1, 0.15) is 40.9 Å². The van der Waals surface area contributed by atoms with E-state index in [1.165, 1.54) is 25.3 Å². The van der Waals surface area contributed by atoms with Gasteiger partial charge in [0.25, 0.3) is 11.5 Å². The average molecular weight is 377 g/mol. The molecular weight excluding hydrogens is 357 g/mol. The number of H-pyrrole nitrogens is 1. The van der Waals surface area contributed by atoms with Crippen LogP contribution < -0.4 is 5.56 Å². The summed E-state index contributed by atoms with van der Waals surface area (Å²) in [5, 5.41) is 8.02. The Labute approximate surface area is 161 Å². The number of aromatic nitrogens is 2. The predicted octanol–water partition coefficient (Wildman–Crippen LogP) is 3.28. The smallest absolute Gasteiger partial charge is 0.272 e. The molecule has 1 N–H and O–H groups in total. The van der Waals surface area contributed by atoms with Crippen molar-refractivity contribution < 1.29 is 9.18 Å². The van der Waals surface area contributed by atoms with Gasteiger partial charge in [-0.05, 0) is 36.6 Å². The van der Waals surface area contributed by atoms with Crippen molar-refractivity contribution in [3.63, 3.8) is 0 Å². The van der Waals surface area contributed by atoms with E-state index in [0.717, 1.165) is 24.0 Å². The van der Waals surface area contributed by atoms with Gasteiger partial charge in [-0.1, -0.05) is 30.7 Å². The molecule has 2 heterocycles. The SMILES string of the molecule is O=C(c1cc(Cc2n[nH]c(=O)c3ccccc23)ccc1F)N1CC2(CCC2)C1. The van der Waals surface area contributed by atoms with Gasteiger partial charge < -0.3 is 4.90 Å². The highest BCUT2D eigenvalue weighted by atomic mass is 19.1. The fourth-order valence-electron chi connectivity index (χ4n) is 4.42. The van der Waals surface area contributed by atoms with E-state index in [9.17, 15) is 14.0 Å². The minimum absolute atomic E-state index is 0.111. The number of halogens is 1. The van der Waals surface area contributed by atoms with Crippen molar-refractivity contribution in [2.24, 2.45) is 5.41 Å². The maximum Gasteiger partial charge on any atom is 0.272 e. The number of rotatable bonds is 3. The third-order valence-electron chi connectivity index (χ3n) is 6.16. The zero-order chi connectivity index (χ0) is 19.3. The van der Waals surface area contributed by atoms with Gasteiger partial charge in [0, 0.05) is 30.3 Å². The normalized spacial score (nSPS) is 17.4. The molecule has 5 nitrogen and oxygen atoms in total. The van der Waals surface area contributed by atoms with Gasteiger partial charge in [0.05, 0.1) is 16.6 Å². The van der Waals surface area contributed by atoms with Crippen LogP contribution in [0.4, 0.5) is 4.39 Å². The van der Waals surface area contributed by atoms with Crippen molar-refractivity contribution in [3.8, 4) is 0 Å². The second-order valence-electron chi connectivity index (χ2n) is 8.05. The van der Waals surface area contributed by atoms with E-state index < -0.39 is 5.82 Å². The first-order valence-corrected chi connectivity index (χ1v) is 9.59. The molecule has 1 aliphatic carbocycles. The fraction of sp³-hybridized carbons (Fsp3) is 0.318. The molecule has 0 bridgehead atoms.